The number of hydrogen-bond donors (Lipinski definition) is 0. The van der Waals surface area contributed by atoms with Crippen LogP contribution in [0.5, 0.6) is 0 Å². The molecule has 7 rings (SSSR count). The summed E-state index contributed by atoms with van der Waals surface area (Å²) in [7, 11) is 0. The first-order chi connectivity index (χ1) is 17.4. The summed E-state index contributed by atoms with van der Waals surface area (Å²) in [5.74, 6) is -1.45. The lowest BCUT2D eigenvalue weighted by Gasteiger charge is -2.70. The van der Waals surface area contributed by atoms with Crippen molar-refractivity contribution in [3.8, 4) is 0 Å². The van der Waals surface area contributed by atoms with Crippen LogP contribution < -0.4 is 0 Å². The molecule has 4 saturated heterocycles. The van der Waals surface area contributed by atoms with E-state index in [2.05, 4.69) is 13.8 Å². The highest BCUT2D eigenvalue weighted by Gasteiger charge is 2.89. The topological polar surface area (TPSA) is 114 Å². The molecule has 6 fully saturated rings. The molecule has 2 aliphatic carbocycles. The van der Waals surface area contributed by atoms with E-state index in [0.29, 0.717) is 25.7 Å². The lowest BCUT2D eigenvalue weighted by Crippen LogP contribution is -2.78. The van der Waals surface area contributed by atoms with Crippen LogP contribution in [0, 0.1) is 22.7 Å². The van der Waals surface area contributed by atoms with Crippen LogP contribution in [0.2, 0.25) is 0 Å². The molecule has 0 N–H and O–H groups in total. The number of ether oxygens (including phenoxy) is 5. The second-order valence-electron chi connectivity index (χ2n) is 13.0. The maximum Gasteiger partial charge on any atom is 0.339 e. The van der Waals surface area contributed by atoms with Gasteiger partial charge < -0.3 is 28.1 Å². The maximum absolute atomic E-state index is 13.3. The summed E-state index contributed by atoms with van der Waals surface area (Å²) in [6, 6.07) is 1.82. The zero-order valence-corrected chi connectivity index (χ0v) is 21.9. The molecule has 5 heterocycles. The standard InChI is InChI=1S/C28H34O9/c1-14(29)33-19-11-18-24(2,3)35-16-10-20(30)36-27(18,12-16)17-6-8-25(4)21(15-7-9-32-13-15)34-23(31)22-28(25,37-22)26(17,19)5/h7,9,13,16-19,21-22H,6,8,10-12H2,1-5H3/t16-,17-,18-,19+,21-,22+,25-,26-,27-,28+/m0/s1. The molecule has 2 bridgehead atoms. The van der Waals surface area contributed by atoms with E-state index in [-0.39, 0.29) is 36.3 Å². The van der Waals surface area contributed by atoms with Crippen LogP contribution >= 0.6 is 0 Å². The summed E-state index contributed by atoms with van der Waals surface area (Å²) < 4.78 is 36.9. The first-order valence-corrected chi connectivity index (χ1v) is 13.4. The summed E-state index contributed by atoms with van der Waals surface area (Å²) in [6.45, 7) is 9.69. The predicted molar refractivity (Wildman–Crippen MR) is 125 cm³/mol. The molecule has 4 aliphatic heterocycles. The molecule has 6 aliphatic rings. The normalized spacial score (nSPS) is 50.8. The summed E-state index contributed by atoms with van der Waals surface area (Å²) in [6.07, 6.45) is 3.67. The maximum atomic E-state index is 13.3. The first-order valence-electron chi connectivity index (χ1n) is 13.4. The molecule has 10 atom stereocenters. The van der Waals surface area contributed by atoms with Gasteiger partial charge in [-0.1, -0.05) is 13.8 Å². The third-order valence-electron chi connectivity index (χ3n) is 11.0. The third kappa shape index (κ3) is 2.65. The highest BCUT2D eigenvalue weighted by atomic mass is 16.7. The molecular weight excluding hydrogens is 480 g/mol. The molecule has 37 heavy (non-hydrogen) atoms. The summed E-state index contributed by atoms with van der Waals surface area (Å²) >= 11 is 0. The van der Waals surface area contributed by atoms with Gasteiger partial charge in [0.15, 0.2) is 6.10 Å². The second-order valence-corrected chi connectivity index (χ2v) is 13.0. The molecule has 200 valence electrons. The molecule has 9 heteroatoms. The third-order valence-corrected chi connectivity index (χ3v) is 11.0. The van der Waals surface area contributed by atoms with Crippen molar-refractivity contribution in [3.05, 3.63) is 24.2 Å². The summed E-state index contributed by atoms with van der Waals surface area (Å²) in [5, 5.41) is 0. The van der Waals surface area contributed by atoms with E-state index >= 15 is 0 Å². The van der Waals surface area contributed by atoms with E-state index < -0.39 is 51.9 Å². The highest BCUT2D eigenvalue weighted by molar-refractivity contribution is 5.82. The Bertz CT molecular complexity index is 1190. The summed E-state index contributed by atoms with van der Waals surface area (Å²) in [4.78, 5) is 38.8. The molecule has 9 nitrogen and oxygen atoms in total. The van der Waals surface area contributed by atoms with Gasteiger partial charge in [0.05, 0.1) is 30.7 Å². The van der Waals surface area contributed by atoms with Gasteiger partial charge in [0, 0.05) is 41.6 Å². The van der Waals surface area contributed by atoms with Crippen LogP contribution in [-0.2, 0) is 38.1 Å². The van der Waals surface area contributed by atoms with Gasteiger partial charge in [-0.25, -0.2) is 4.79 Å². The number of esters is 3. The lowest BCUT2D eigenvalue weighted by atomic mass is 9.38. The number of carbonyl (C=O) groups is 3. The Morgan fingerprint density at radius 1 is 1.08 bits per heavy atom. The van der Waals surface area contributed by atoms with Crippen molar-refractivity contribution in [2.24, 2.45) is 22.7 Å². The predicted octanol–water partition coefficient (Wildman–Crippen LogP) is 3.64. The molecule has 0 aromatic carbocycles. The van der Waals surface area contributed by atoms with E-state index in [0.717, 1.165) is 5.56 Å². The number of hydrogen-bond acceptors (Lipinski definition) is 9. The molecule has 1 aromatic rings. The van der Waals surface area contributed by atoms with E-state index in [1.807, 2.05) is 19.9 Å². The largest absolute Gasteiger partial charge is 0.472 e. The minimum atomic E-state index is -0.957. The van der Waals surface area contributed by atoms with Crippen molar-refractivity contribution >= 4 is 17.9 Å². The van der Waals surface area contributed by atoms with Crippen molar-refractivity contribution in [1.82, 2.24) is 0 Å². The van der Waals surface area contributed by atoms with Crippen molar-refractivity contribution in [3.63, 3.8) is 0 Å². The molecule has 1 aromatic heterocycles. The molecule has 2 saturated carbocycles. The lowest BCUT2D eigenvalue weighted by molar-refractivity contribution is -0.336. The van der Waals surface area contributed by atoms with E-state index in [1.54, 1.807) is 12.5 Å². The van der Waals surface area contributed by atoms with Crippen molar-refractivity contribution < 1.29 is 42.5 Å². The SMILES string of the molecule is CC(=O)O[C@@H]1C[C@H]2C(C)(C)O[C@H]3CC(=O)O[C@@]2(C3)[C@H]2CC[C@@]3(C)[C@H](c4ccoc4)OC(=O)[C@H]4O[C@]43[C@@]21C. The Labute approximate surface area is 215 Å². The molecular formula is C28H34O9. The van der Waals surface area contributed by atoms with Gasteiger partial charge in [0.25, 0.3) is 0 Å². The Morgan fingerprint density at radius 3 is 2.57 bits per heavy atom. The minimum Gasteiger partial charge on any atom is -0.472 e. The van der Waals surface area contributed by atoms with Gasteiger partial charge in [0.1, 0.15) is 23.4 Å². The van der Waals surface area contributed by atoms with Gasteiger partial charge in [0.2, 0.25) is 0 Å². The number of fused-ring (bicyclic) bond motifs is 2. The van der Waals surface area contributed by atoms with Gasteiger partial charge >= 0.3 is 17.9 Å². The fourth-order valence-corrected chi connectivity index (χ4v) is 9.80. The zero-order valence-electron chi connectivity index (χ0n) is 21.9. The minimum absolute atomic E-state index is 0.180. The number of furan rings is 1. The van der Waals surface area contributed by atoms with Crippen LogP contribution in [0.3, 0.4) is 0 Å². The fraction of sp³-hybridized carbons (Fsp3) is 0.750. The monoisotopic (exact) mass is 514 g/mol. The molecule has 0 amide bonds. The van der Waals surface area contributed by atoms with Gasteiger partial charge in [-0.2, -0.15) is 0 Å². The van der Waals surface area contributed by atoms with Crippen LogP contribution in [0.15, 0.2) is 23.0 Å². The van der Waals surface area contributed by atoms with Gasteiger partial charge in [-0.05, 0) is 39.2 Å². The average molecular weight is 515 g/mol. The quantitative estimate of drug-likeness (QED) is 0.331. The van der Waals surface area contributed by atoms with Crippen LogP contribution in [0.25, 0.3) is 0 Å². The zero-order chi connectivity index (χ0) is 26.2. The Balaban J connectivity index is 1.43. The van der Waals surface area contributed by atoms with Gasteiger partial charge in [-0.3, -0.25) is 9.59 Å². The number of epoxide rings is 1. The average Bonchev–Trinajstić information content (AvgIpc) is 3.36. The fourth-order valence-electron chi connectivity index (χ4n) is 9.80. The van der Waals surface area contributed by atoms with Gasteiger partial charge in [-0.15, -0.1) is 0 Å². The highest BCUT2D eigenvalue weighted by Crippen LogP contribution is 2.79. The van der Waals surface area contributed by atoms with E-state index in [4.69, 9.17) is 28.1 Å². The van der Waals surface area contributed by atoms with Crippen LogP contribution in [0.4, 0.5) is 0 Å². The first kappa shape index (κ1) is 23.7. The molecule has 2 spiro atoms. The van der Waals surface area contributed by atoms with E-state index in [9.17, 15) is 14.4 Å². The van der Waals surface area contributed by atoms with Crippen molar-refractivity contribution in [2.45, 2.75) is 108 Å². The summed E-state index contributed by atoms with van der Waals surface area (Å²) in [5.41, 5.74) is -2.99. The Morgan fingerprint density at radius 2 is 1.86 bits per heavy atom. The Hall–Kier alpha value is -2.39. The van der Waals surface area contributed by atoms with Crippen molar-refractivity contribution in [1.29, 1.82) is 0 Å². The van der Waals surface area contributed by atoms with Crippen molar-refractivity contribution in [2.75, 3.05) is 0 Å². The van der Waals surface area contributed by atoms with Crippen LogP contribution in [0.1, 0.15) is 78.4 Å². The second kappa shape index (κ2) is 6.97. The molecule has 0 radical (unpaired) electrons. The number of cyclic esters (lactones) is 1. The number of rotatable bonds is 2. The Kier molecular flexibility index (Phi) is 4.47. The number of carbonyl (C=O) groups excluding carboxylic acids is 3. The van der Waals surface area contributed by atoms with E-state index in [1.165, 1.54) is 6.92 Å². The van der Waals surface area contributed by atoms with Crippen LogP contribution in [-0.4, -0.2) is 53.0 Å². The smallest absolute Gasteiger partial charge is 0.339 e. The molecule has 0 unspecified atom stereocenters.